The van der Waals surface area contributed by atoms with Gasteiger partial charge in [-0.2, -0.15) is 0 Å². The minimum Gasteiger partial charge on any atom is -0.496 e. The number of hydrogen-bond donors (Lipinski definition) is 0. The number of likely N-dealkylation sites (N-methyl/N-ethyl adjacent to an activating group) is 1. The maximum absolute atomic E-state index is 12.0. The van der Waals surface area contributed by atoms with Gasteiger partial charge in [-0.05, 0) is 26.0 Å². The molecule has 0 radical (unpaired) electrons. The van der Waals surface area contributed by atoms with Crippen LogP contribution in [0.3, 0.4) is 0 Å². The zero-order valence-electron chi connectivity index (χ0n) is 12.7. The van der Waals surface area contributed by atoms with E-state index in [0.717, 1.165) is 5.57 Å². The molecule has 5 nitrogen and oxygen atoms in total. The number of hydrogen-bond acceptors (Lipinski definition) is 4. The largest absolute Gasteiger partial charge is 0.496 e. The van der Waals surface area contributed by atoms with Gasteiger partial charge in [0.15, 0.2) is 6.61 Å². The molecule has 1 amide bonds. The minimum absolute atomic E-state index is 0.247. The van der Waals surface area contributed by atoms with E-state index < -0.39 is 5.97 Å². The SMILES string of the molecule is C=C(C)CN(CC)C(=O)COC(=O)c1ccccc1OC. The second-order valence-corrected chi connectivity index (χ2v) is 4.64. The molecule has 0 aliphatic rings. The Labute approximate surface area is 125 Å². The molecule has 5 heteroatoms. The van der Waals surface area contributed by atoms with Crippen molar-refractivity contribution in [3.8, 4) is 5.75 Å². The quantitative estimate of drug-likeness (QED) is 0.571. The molecule has 0 bridgehead atoms. The number of carbonyl (C=O) groups excluding carboxylic acids is 2. The molecular weight excluding hydrogens is 270 g/mol. The first-order valence-corrected chi connectivity index (χ1v) is 6.71. The first-order valence-electron chi connectivity index (χ1n) is 6.71. The third-order valence-electron chi connectivity index (χ3n) is 2.85. The van der Waals surface area contributed by atoms with E-state index in [1.54, 1.807) is 29.2 Å². The topological polar surface area (TPSA) is 55.8 Å². The highest BCUT2D eigenvalue weighted by molar-refractivity contribution is 5.94. The van der Waals surface area contributed by atoms with Crippen molar-refractivity contribution in [2.45, 2.75) is 13.8 Å². The molecule has 0 fully saturated rings. The van der Waals surface area contributed by atoms with Crippen LogP contribution < -0.4 is 4.74 Å². The van der Waals surface area contributed by atoms with Crippen molar-refractivity contribution in [1.82, 2.24) is 4.90 Å². The van der Waals surface area contributed by atoms with Crippen molar-refractivity contribution in [2.24, 2.45) is 0 Å². The van der Waals surface area contributed by atoms with Gasteiger partial charge in [0.05, 0.1) is 7.11 Å². The highest BCUT2D eigenvalue weighted by atomic mass is 16.5. The first-order chi connectivity index (χ1) is 9.99. The highest BCUT2D eigenvalue weighted by Gasteiger charge is 2.17. The van der Waals surface area contributed by atoms with E-state index in [-0.39, 0.29) is 12.5 Å². The van der Waals surface area contributed by atoms with Gasteiger partial charge in [0.2, 0.25) is 0 Å². The number of ether oxygens (including phenoxy) is 2. The lowest BCUT2D eigenvalue weighted by Crippen LogP contribution is -2.35. The van der Waals surface area contributed by atoms with Gasteiger partial charge in [-0.1, -0.05) is 24.3 Å². The summed E-state index contributed by atoms with van der Waals surface area (Å²) in [7, 11) is 1.48. The molecule has 0 atom stereocenters. The number of carbonyl (C=O) groups is 2. The number of benzene rings is 1. The summed E-state index contributed by atoms with van der Waals surface area (Å²) in [6, 6.07) is 6.72. The van der Waals surface area contributed by atoms with Crippen molar-refractivity contribution in [3.63, 3.8) is 0 Å². The fourth-order valence-electron chi connectivity index (χ4n) is 1.81. The predicted octanol–water partition coefficient (Wildman–Crippen LogP) is 2.28. The molecule has 114 valence electrons. The molecule has 0 spiro atoms. The molecule has 0 N–H and O–H groups in total. The summed E-state index contributed by atoms with van der Waals surface area (Å²) >= 11 is 0. The lowest BCUT2D eigenvalue weighted by molar-refractivity contribution is -0.133. The van der Waals surface area contributed by atoms with Crippen LogP contribution in [-0.2, 0) is 9.53 Å². The van der Waals surface area contributed by atoms with E-state index in [2.05, 4.69) is 6.58 Å². The summed E-state index contributed by atoms with van der Waals surface area (Å²) in [5.74, 6) is -0.403. The van der Waals surface area contributed by atoms with E-state index >= 15 is 0 Å². The Morgan fingerprint density at radius 1 is 1.29 bits per heavy atom. The van der Waals surface area contributed by atoms with Gasteiger partial charge in [-0.15, -0.1) is 0 Å². The predicted molar refractivity (Wildman–Crippen MR) is 80.3 cm³/mol. The molecule has 1 aromatic carbocycles. The summed E-state index contributed by atoms with van der Waals surface area (Å²) in [6.07, 6.45) is 0. The zero-order chi connectivity index (χ0) is 15.8. The van der Waals surface area contributed by atoms with E-state index in [1.807, 2.05) is 13.8 Å². The molecule has 0 aliphatic heterocycles. The Morgan fingerprint density at radius 2 is 1.95 bits per heavy atom. The van der Waals surface area contributed by atoms with Gasteiger partial charge in [0.25, 0.3) is 5.91 Å². The third-order valence-corrected chi connectivity index (χ3v) is 2.85. The maximum atomic E-state index is 12.0. The van der Waals surface area contributed by atoms with Crippen LogP contribution >= 0.6 is 0 Å². The summed E-state index contributed by atoms with van der Waals surface area (Å²) in [4.78, 5) is 25.5. The molecule has 0 saturated heterocycles. The van der Waals surface area contributed by atoms with Gasteiger partial charge in [-0.3, -0.25) is 4.79 Å². The first kappa shape index (κ1) is 16.8. The van der Waals surface area contributed by atoms with Gasteiger partial charge in [0, 0.05) is 13.1 Å². The molecule has 1 aromatic rings. The summed E-state index contributed by atoms with van der Waals surface area (Å²) in [5, 5.41) is 0. The molecule has 0 aromatic heterocycles. The van der Waals surface area contributed by atoms with Gasteiger partial charge in [-0.25, -0.2) is 4.79 Å². The van der Waals surface area contributed by atoms with Crippen LogP contribution in [0.5, 0.6) is 5.75 Å². The Bertz CT molecular complexity index is 525. The van der Waals surface area contributed by atoms with Gasteiger partial charge >= 0.3 is 5.97 Å². The highest BCUT2D eigenvalue weighted by Crippen LogP contribution is 2.18. The smallest absolute Gasteiger partial charge is 0.342 e. The fraction of sp³-hybridized carbons (Fsp3) is 0.375. The van der Waals surface area contributed by atoms with Crippen LogP contribution in [0.25, 0.3) is 0 Å². The molecule has 21 heavy (non-hydrogen) atoms. The number of nitrogens with zero attached hydrogens (tertiary/aromatic N) is 1. The van der Waals surface area contributed by atoms with Crippen molar-refractivity contribution < 1.29 is 19.1 Å². The monoisotopic (exact) mass is 291 g/mol. The Morgan fingerprint density at radius 3 is 2.52 bits per heavy atom. The Hall–Kier alpha value is -2.30. The number of methoxy groups -OCH3 is 1. The number of rotatable bonds is 7. The van der Waals surface area contributed by atoms with E-state index in [1.165, 1.54) is 7.11 Å². The zero-order valence-corrected chi connectivity index (χ0v) is 12.7. The van der Waals surface area contributed by atoms with Crippen molar-refractivity contribution in [1.29, 1.82) is 0 Å². The minimum atomic E-state index is -0.577. The average Bonchev–Trinajstić information content (AvgIpc) is 2.49. The molecule has 0 aliphatic carbocycles. The number of esters is 1. The Balaban J connectivity index is 2.63. The van der Waals surface area contributed by atoms with E-state index in [0.29, 0.717) is 24.4 Å². The Kier molecular flexibility index (Phi) is 6.46. The van der Waals surface area contributed by atoms with Gasteiger partial charge in [0.1, 0.15) is 11.3 Å². The normalized spacial score (nSPS) is 9.86. The van der Waals surface area contributed by atoms with Crippen LogP contribution in [0.4, 0.5) is 0 Å². The summed E-state index contributed by atoms with van der Waals surface area (Å²) < 4.78 is 10.1. The van der Waals surface area contributed by atoms with Crippen LogP contribution in [0.2, 0.25) is 0 Å². The molecule has 0 heterocycles. The van der Waals surface area contributed by atoms with Crippen molar-refractivity contribution in [2.75, 3.05) is 26.8 Å². The fourth-order valence-corrected chi connectivity index (χ4v) is 1.81. The maximum Gasteiger partial charge on any atom is 0.342 e. The standard InChI is InChI=1S/C16H21NO4/c1-5-17(10-12(2)3)15(18)11-21-16(19)13-8-6-7-9-14(13)20-4/h6-9H,2,5,10-11H2,1,3-4H3. The van der Waals surface area contributed by atoms with Gasteiger partial charge < -0.3 is 14.4 Å². The van der Waals surface area contributed by atoms with Crippen LogP contribution in [-0.4, -0.2) is 43.6 Å². The third kappa shape index (κ3) is 4.95. The molecule has 1 rings (SSSR count). The second-order valence-electron chi connectivity index (χ2n) is 4.64. The lowest BCUT2D eigenvalue weighted by Gasteiger charge is -2.20. The van der Waals surface area contributed by atoms with Crippen LogP contribution in [0, 0.1) is 0 Å². The van der Waals surface area contributed by atoms with Crippen LogP contribution in [0.1, 0.15) is 24.2 Å². The molecule has 0 saturated carbocycles. The van der Waals surface area contributed by atoms with Crippen LogP contribution in [0.15, 0.2) is 36.4 Å². The number of para-hydroxylation sites is 1. The van der Waals surface area contributed by atoms with Crippen molar-refractivity contribution in [3.05, 3.63) is 42.0 Å². The van der Waals surface area contributed by atoms with Crippen molar-refractivity contribution >= 4 is 11.9 Å². The van der Waals surface area contributed by atoms with E-state index in [4.69, 9.17) is 9.47 Å². The lowest BCUT2D eigenvalue weighted by atomic mass is 10.2. The molecule has 0 unspecified atom stereocenters. The average molecular weight is 291 g/mol. The second kappa shape index (κ2) is 8.09. The molecular formula is C16H21NO4. The number of amides is 1. The summed E-state index contributed by atoms with van der Waals surface area (Å²) in [5.41, 5.74) is 1.18. The summed E-state index contributed by atoms with van der Waals surface area (Å²) in [6.45, 7) is 8.19. The van der Waals surface area contributed by atoms with E-state index in [9.17, 15) is 9.59 Å².